The average Bonchev–Trinajstić information content (AvgIpc) is 2.47. The Hall–Kier alpha value is -1.41. The molecule has 0 aliphatic heterocycles. The zero-order valence-corrected chi connectivity index (χ0v) is 19.8. The number of hydrogen-bond donors (Lipinski definition) is 0. The largest absolute Gasteiger partial charge is 0.212 e. The quantitative estimate of drug-likeness (QED) is 0.445. The minimum atomic E-state index is -1.33. The van der Waals surface area contributed by atoms with Gasteiger partial charge in [0.25, 0.3) is 0 Å². The lowest BCUT2D eigenvalue weighted by Crippen LogP contribution is -2.47. The Morgan fingerprint density at radius 3 is 1.88 bits per heavy atom. The second-order valence-electron chi connectivity index (χ2n) is 10.5. The lowest BCUT2D eigenvalue weighted by molar-refractivity contribution is -0.661. The molecule has 0 atom stereocenters. The van der Waals surface area contributed by atoms with Crippen molar-refractivity contribution in [1.82, 2.24) is 0 Å². The molecule has 0 unspecified atom stereocenters. The topological polar surface area (TPSA) is 3.88 Å². The van der Waals surface area contributed by atoms with Gasteiger partial charge in [-0.3, -0.25) is 0 Å². The molecule has 26 heavy (non-hydrogen) atoms. The molecule has 0 saturated heterocycles. The van der Waals surface area contributed by atoms with Gasteiger partial charge in [-0.05, 0) is 47.1 Å². The number of aryl methyl sites for hydroxylation is 3. The second-order valence-corrected chi connectivity index (χ2v) is 16.3. The van der Waals surface area contributed by atoms with Crippen LogP contribution >= 0.6 is 0 Å². The molecular formula is C24H38NSi+. The molecule has 0 fully saturated rings. The van der Waals surface area contributed by atoms with E-state index in [1.54, 1.807) is 0 Å². The molecule has 0 bridgehead atoms. The summed E-state index contributed by atoms with van der Waals surface area (Å²) in [5.74, 6) is 0. The number of aromatic nitrogens is 1. The monoisotopic (exact) mass is 368 g/mol. The molecule has 142 valence electrons. The predicted octanol–water partition coefficient (Wildman–Crippen LogP) is 6.25. The van der Waals surface area contributed by atoms with Crippen LogP contribution in [0.4, 0.5) is 0 Å². The van der Waals surface area contributed by atoms with Crippen LogP contribution in [0, 0.1) is 13.8 Å². The van der Waals surface area contributed by atoms with E-state index >= 15 is 0 Å². The van der Waals surface area contributed by atoms with Gasteiger partial charge in [-0.1, -0.05) is 66.4 Å². The molecule has 2 aromatic rings. The van der Waals surface area contributed by atoms with Crippen LogP contribution < -0.4 is 4.57 Å². The van der Waals surface area contributed by atoms with Crippen LogP contribution in [0.3, 0.4) is 0 Å². The van der Waals surface area contributed by atoms with Crippen LogP contribution in [0.2, 0.25) is 19.6 Å². The number of nitrogens with zero attached hydrogens (tertiary/aromatic N) is 1. The number of hydrogen-bond acceptors (Lipinski definition) is 0. The smallest absolute Gasteiger partial charge is 0.201 e. The normalized spacial score (nSPS) is 13.2. The Balaban J connectivity index is 2.59. The fraction of sp³-hybridized carbons (Fsp3) is 0.542. The minimum absolute atomic E-state index is 0.187. The molecule has 1 heterocycles. The summed E-state index contributed by atoms with van der Waals surface area (Å²) in [4.78, 5) is 0. The first-order chi connectivity index (χ1) is 11.7. The molecule has 0 radical (unpaired) electrons. The molecule has 2 rings (SSSR count). The van der Waals surface area contributed by atoms with E-state index in [0.717, 1.165) is 0 Å². The van der Waals surface area contributed by atoms with Gasteiger partial charge < -0.3 is 0 Å². The van der Waals surface area contributed by atoms with E-state index < -0.39 is 8.07 Å². The van der Waals surface area contributed by atoms with E-state index in [0.29, 0.717) is 0 Å². The Morgan fingerprint density at radius 1 is 0.846 bits per heavy atom. The molecule has 0 spiro atoms. The van der Waals surface area contributed by atoms with Crippen LogP contribution in [0.25, 0.3) is 11.3 Å². The van der Waals surface area contributed by atoms with E-state index in [-0.39, 0.29) is 10.5 Å². The van der Waals surface area contributed by atoms with E-state index in [4.69, 9.17) is 0 Å². The third kappa shape index (κ3) is 3.81. The van der Waals surface area contributed by atoms with Crippen LogP contribution in [-0.4, -0.2) is 8.07 Å². The molecule has 2 heteroatoms. The van der Waals surface area contributed by atoms with Gasteiger partial charge in [0.15, 0.2) is 6.20 Å². The Bertz CT molecular complexity index is 817. The standard InChI is InChI=1S/C24H38NSi/c1-17-14-19(23(3,4)5)12-13-20(17)22-15-18(2)21(16-25(22)8)24(6,7)26(9,10)11/h12-16H,1-11H3/q+1. The van der Waals surface area contributed by atoms with Gasteiger partial charge in [-0.2, -0.15) is 0 Å². The van der Waals surface area contributed by atoms with Crippen LogP contribution in [0.1, 0.15) is 56.9 Å². The van der Waals surface area contributed by atoms with Crippen molar-refractivity contribution in [3.05, 3.63) is 52.7 Å². The summed E-state index contributed by atoms with van der Waals surface area (Å²) in [7, 11) is 0.861. The number of rotatable bonds is 3. The van der Waals surface area contributed by atoms with Crippen molar-refractivity contribution in [3.63, 3.8) is 0 Å². The summed E-state index contributed by atoms with van der Waals surface area (Å²) in [6, 6.07) is 9.33. The summed E-state index contributed by atoms with van der Waals surface area (Å²) in [6.07, 6.45) is 2.38. The molecule has 0 aliphatic carbocycles. The van der Waals surface area contributed by atoms with Crippen LogP contribution in [0.15, 0.2) is 30.5 Å². The number of pyridine rings is 1. The third-order valence-electron chi connectivity index (χ3n) is 6.40. The van der Waals surface area contributed by atoms with Gasteiger partial charge in [0.05, 0.1) is 8.07 Å². The van der Waals surface area contributed by atoms with E-state index in [9.17, 15) is 0 Å². The zero-order chi connectivity index (χ0) is 20.1. The molecule has 1 aromatic heterocycles. The first kappa shape index (κ1) is 20.9. The van der Waals surface area contributed by atoms with Crippen molar-refractivity contribution < 1.29 is 4.57 Å². The maximum absolute atomic E-state index is 2.47. The highest BCUT2D eigenvalue weighted by Crippen LogP contribution is 2.36. The number of benzene rings is 1. The summed E-state index contributed by atoms with van der Waals surface area (Å²) < 4.78 is 2.32. The van der Waals surface area contributed by atoms with Crippen molar-refractivity contribution in [2.45, 2.75) is 78.6 Å². The fourth-order valence-electron chi connectivity index (χ4n) is 3.49. The molecular weight excluding hydrogens is 330 g/mol. The van der Waals surface area contributed by atoms with E-state index in [1.807, 2.05) is 0 Å². The first-order valence-electron chi connectivity index (χ1n) is 9.78. The first-order valence-corrected chi connectivity index (χ1v) is 13.3. The highest BCUT2D eigenvalue weighted by atomic mass is 28.3. The SMILES string of the molecule is Cc1cc(C(C)(C)C)ccc1-c1cc(C)c(C(C)(C)[Si](C)(C)C)c[n+]1C. The van der Waals surface area contributed by atoms with Crippen molar-refractivity contribution in [3.8, 4) is 11.3 Å². The third-order valence-corrected chi connectivity index (χ3v) is 10.4. The Kier molecular flexibility index (Phi) is 5.33. The summed E-state index contributed by atoms with van der Waals surface area (Å²) >= 11 is 0. The molecule has 1 nitrogen and oxygen atoms in total. The van der Waals surface area contributed by atoms with Crippen molar-refractivity contribution in [2.75, 3.05) is 0 Å². The van der Waals surface area contributed by atoms with Gasteiger partial charge in [-0.15, -0.1) is 0 Å². The average molecular weight is 369 g/mol. The molecule has 0 amide bonds. The van der Waals surface area contributed by atoms with Crippen LogP contribution in [-0.2, 0) is 17.5 Å². The Labute approximate surface area is 162 Å². The molecule has 0 aliphatic rings. The van der Waals surface area contributed by atoms with Gasteiger partial charge in [0.2, 0.25) is 5.69 Å². The van der Waals surface area contributed by atoms with Gasteiger partial charge in [0, 0.05) is 17.2 Å². The van der Waals surface area contributed by atoms with Crippen LogP contribution in [0.5, 0.6) is 0 Å². The van der Waals surface area contributed by atoms with E-state index in [2.05, 4.69) is 110 Å². The van der Waals surface area contributed by atoms with Gasteiger partial charge in [-0.25, -0.2) is 4.57 Å². The summed E-state index contributed by atoms with van der Waals surface area (Å²) in [5.41, 5.74) is 8.47. The fourth-order valence-corrected chi connectivity index (χ4v) is 4.56. The molecule has 0 saturated carbocycles. The minimum Gasteiger partial charge on any atom is -0.201 e. The predicted molar refractivity (Wildman–Crippen MR) is 118 cm³/mol. The molecule has 1 aromatic carbocycles. The summed E-state index contributed by atoms with van der Waals surface area (Å²) in [5, 5.41) is 0.249. The lowest BCUT2D eigenvalue weighted by atomic mass is 9.85. The highest BCUT2D eigenvalue weighted by molar-refractivity contribution is 6.78. The second kappa shape index (κ2) is 6.63. The van der Waals surface area contributed by atoms with Crippen molar-refractivity contribution in [2.24, 2.45) is 7.05 Å². The van der Waals surface area contributed by atoms with E-state index in [1.165, 1.54) is 33.5 Å². The molecule has 0 N–H and O–H groups in total. The van der Waals surface area contributed by atoms with Crippen molar-refractivity contribution >= 4 is 8.07 Å². The summed E-state index contributed by atoms with van der Waals surface area (Å²) in [6.45, 7) is 23.6. The highest BCUT2D eigenvalue weighted by Gasteiger charge is 2.39. The van der Waals surface area contributed by atoms with Crippen molar-refractivity contribution in [1.29, 1.82) is 0 Å². The van der Waals surface area contributed by atoms with Gasteiger partial charge >= 0.3 is 0 Å². The maximum Gasteiger partial charge on any atom is 0.212 e. The maximum atomic E-state index is 2.47. The zero-order valence-electron chi connectivity index (χ0n) is 18.8. The van der Waals surface area contributed by atoms with Gasteiger partial charge in [0.1, 0.15) is 7.05 Å². The lowest BCUT2D eigenvalue weighted by Gasteiger charge is -2.37. The Morgan fingerprint density at radius 2 is 1.42 bits per heavy atom.